The van der Waals surface area contributed by atoms with Crippen LogP contribution < -0.4 is 5.32 Å². The van der Waals surface area contributed by atoms with E-state index < -0.39 is 4.92 Å². The fourth-order valence-electron chi connectivity index (χ4n) is 2.55. The summed E-state index contributed by atoms with van der Waals surface area (Å²) in [6, 6.07) is 13.6. The molecule has 0 saturated heterocycles. The monoisotopic (exact) mass is 414 g/mol. The van der Waals surface area contributed by atoms with Gasteiger partial charge in [0.05, 0.1) is 17.7 Å². The van der Waals surface area contributed by atoms with Gasteiger partial charge in [-0.05, 0) is 30.2 Å². The fraction of sp³-hybridized carbons (Fsp3) is 0.111. The number of anilines is 1. The third-order valence-electron chi connectivity index (χ3n) is 3.90. The first-order chi connectivity index (χ1) is 12.5. The molecule has 1 heterocycles. The van der Waals surface area contributed by atoms with E-state index in [1.807, 2.05) is 24.3 Å². The highest BCUT2D eigenvalue weighted by Crippen LogP contribution is 2.21. The Bertz CT molecular complexity index is 984. The van der Waals surface area contributed by atoms with Gasteiger partial charge in [-0.3, -0.25) is 14.9 Å². The van der Waals surface area contributed by atoms with Crippen LogP contribution in [0.3, 0.4) is 0 Å². The molecule has 0 aliphatic rings. The molecule has 7 nitrogen and oxygen atoms in total. The van der Waals surface area contributed by atoms with Crippen molar-refractivity contribution in [2.75, 3.05) is 5.32 Å². The van der Waals surface area contributed by atoms with Crippen LogP contribution in [0.25, 0.3) is 0 Å². The van der Waals surface area contributed by atoms with Crippen LogP contribution in [0.4, 0.5) is 11.5 Å². The van der Waals surface area contributed by atoms with Crippen molar-refractivity contribution in [3.8, 4) is 0 Å². The van der Waals surface area contributed by atoms with Crippen LogP contribution in [-0.4, -0.2) is 20.6 Å². The van der Waals surface area contributed by atoms with E-state index in [9.17, 15) is 14.9 Å². The molecule has 0 aliphatic heterocycles. The molecule has 0 bridgehead atoms. The fourth-order valence-corrected chi connectivity index (χ4v) is 2.96. The van der Waals surface area contributed by atoms with Crippen molar-refractivity contribution in [3.63, 3.8) is 0 Å². The molecule has 0 atom stereocenters. The second kappa shape index (κ2) is 7.49. The van der Waals surface area contributed by atoms with Crippen LogP contribution in [0.2, 0.25) is 0 Å². The van der Waals surface area contributed by atoms with Crippen molar-refractivity contribution < 1.29 is 9.72 Å². The number of hydrogen-bond acceptors (Lipinski definition) is 4. The topological polar surface area (TPSA) is 90.1 Å². The molecular weight excluding hydrogens is 400 g/mol. The van der Waals surface area contributed by atoms with E-state index in [0.717, 1.165) is 10.0 Å². The van der Waals surface area contributed by atoms with Gasteiger partial charge in [0.25, 0.3) is 11.6 Å². The first-order valence-electron chi connectivity index (χ1n) is 7.77. The van der Waals surface area contributed by atoms with Gasteiger partial charge in [0.1, 0.15) is 5.82 Å². The number of carbonyl (C=O) groups excluding carboxylic acids is 1. The maximum atomic E-state index is 12.6. The first-order valence-corrected chi connectivity index (χ1v) is 8.56. The molecule has 3 rings (SSSR count). The number of aromatic nitrogens is 2. The molecule has 1 amide bonds. The summed E-state index contributed by atoms with van der Waals surface area (Å²) in [6.07, 6.45) is 1.61. The van der Waals surface area contributed by atoms with Crippen molar-refractivity contribution >= 4 is 33.3 Å². The molecule has 0 unspecified atom stereocenters. The number of non-ortho nitro benzene ring substituents is 1. The van der Waals surface area contributed by atoms with Crippen molar-refractivity contribution in [3.05, 3.63) is 86.0 Å². The van der Waals surface area contributed by atoms with Gasteiger partial charge in [-0.25, -0.2) is 4.68 Å². The van der Waals surface area contributed by atoms with Gasteiger partial charge in [0, 0.05) is 28.2 Å². The van der Waals surface area contributed by atoms with Gasteiger partial charge in [0.15, 0.2) is 0 Å². The Morgan fingerprint density at radius 3 is 2.73 bits per heavy atom. The van der Waals surface area contributed by atoms with Gasteiger partial charge < -0.3 is 5.32 Å². The Kier molecular flexibility index (Phi) is 5.13. The molecule has 1 aromatic heterocycles. The Balaban J connectivity index is 1.80. The molecule has 2 aromatic carbocycles. The number of carbonyl (C=O) groups is 1. The average molecular weight is 415 g/mol. The quantitative estimate of drug-likeness (QED) is 0.501. The molecule has 132 valence electrons. The maximum Gasteiger partial charge on any atom is 0.269 e. The minimum Gasteiger partial charge on any atom is -0.307 e. The third-order valence-corrected chi connectivity index (χ3v) is 4.68. The summed E-state index contributed by atoms with van der Waals surface area (Å²) in [5.41, 5.74) is 1.90. The van der Waals surface area contributed by atoms with E-state index in [2.05, 4.69) is 26.3 Å². The van der Waals surface area contributed by atoms with Gasteiger partial charge in [0.2, 0.25) is 0 Å². The van der Waals surface area contributed by atoms with Crippen LogP contribution in [0.5, 0.6) is 0 Å². The lowest BCUT2D eigenvalue weighted by Crippen LogP contribution is -2.17. The van der Waals surface area contributed by atoms with E-state index in [1.54, 1.807) is 23.9 Å². The number of nitrogens with zero attached hydrogens (tertiary/aromatic N) is 3. The summed E-state index contributed by atoms with van der Waals surface area (Å²) in [5, 5.41) is 17.9. The molecule has 3 aromatic rings. The molecule has 1 N–H and O–H groups in total. The molecule has 26 heavy (non-hydrogen) atoms. The standard InChI is InChI=1S/C18H15BrN4O3/c1-12-10-14(23(25)26)6-7-15(12)18(24)21-17-8-9-20-22(17)11-13-4-2-3-5-16(13)19/h2-10H,11H2,1H3,(H,21,24). The smallest absolute Gasteiger partial charge is 0.269 e. The lowest BCUT2D eigenvalue weighted by Gasteiger charge is -2.11. The van der Waals surface area contributed by atoms with Crippen LogP contribution >= 0.6 is 15.9 Å². The summed E-state index contributed by atoms with van der Waals surface area (Å²) >= 11 is 3.50. The number of nitro groups is 1. The highest BCUT2D eigenvalue weighted by molar-refractivity contribution is 9.10. The predicted octanol–water partition coefficient (Wildman–Crippen LogP) is 4.16. The molecule has 8 heteroatoms. The summed E-state index contributed by atoms with van der Waals surface area (Å²) in [4.78, 5) is 22.9. The molecule has 0 fully saturated rings. The number of nitro benzene ring substituents is 1. The molecule has 0 aliphatic carbocycles. The normalized spacial score (nSPS) is 10.5. The zero-order valence-corrected chi connectivity index (χ0v) is 15.4. The summed E-state index contributed by atoms with van der Waals surface area (Å²) < 4.78 is 2.64. The Morgan fingerprint density at radius 2 is 2.04 bits per heavy atom. The van der Waals surface area contributed by atoms with Crippen molar-refractivity contribution in [1.82, 2.24) is 9.78 Å². The van der Waals surface area contributed by atoms with Gasteiger partial charge in [-0.15, -0.1) is 0 Å². The van der Waals surface area contributed by atoms with Gasteiger partial charge >= 0.3 is 0 Å². The number of halogens is 1. The van der Waals surface area contributed by atoms with E-state index in [1.165, 1.54) is 18.2 Å². The number of hydrogen-bond donors (Lipinski definition) is 1. The lowest BCUT2D eigenvalue weighted by molar-refractivity contribution is -0.384. The summed E-state index contributed by atoms with van der Waals surface area (Å²) in [6.45, 7) is 2.16. The second-order valence-corrected chi connectivity index (χ2v) is 6.53. The number of amides is 1. The van der Waals surface area contributed by atoms with Crippen LogP contribution in [0.15, 0.2) is 59.2 Å². The summed E-state index contributed by atoms with van der Waals surface area (Å²) in [7, 11) is 0. The lowest BCUT2D eigenvalue weighted by atomic mass is 10.1. The Hall–Kier alpha value is -3.00. The van der Waals surface area contributed by atoms with E-state index in [4.69, 9.17) is 0 Å². The maximum absolute atomic E-state index is 12.6. The number of nitrogens with one attached hydrogen (secondary N) is 1. The Labute approximate surface area is 157 Å². The molecule has 0 saturated carbocycles. The number of aryl methyl sites for hydroxylation is 1. The Morgan fingerprint density at radius 1 is 1.27 bits per heavy atom. The van der Waals surface area contributed by atoms with Crippen molar-refractivity contribution in [1.29, 1.82) is 0 Å². The largest absolute Gasteiger partial charge is 0.307 e. The zero-order chi connectivity index (χ0) is 18.7. The first kappa shape index (κ1) is 17.8. The van der Waals surface area contributed by atoms with Crippen LogP contribution in [0.1, 0.15) is 21.5 Å². The highest BCUT2D eigenvalue weighted by Gasteiger charge is 2.15. The van der Waals surface area contributed by atoms with Crippen molar-refractivity contribution in [2.45, 2.75) is 13.5 Å². The second-order valence-electron chi connectivity index (χ2n) is 5.68. The highest BCUT2D eigenvalue weighted by atomic mass is 79.9. The third kappa shape index (κ3) is 3.80. The van der Waals surface area contributed by atoms with E-state index >= 15 is 0 Å². The molecule has 0 radical (unpaired) electrons. The molecular formula is C18H15BrN4O3. The minimum atomic E-state index is -0.485. The number of benzene rings is 2. The van der Waals surface area contributed by atoms with E-state index in [-0.39, 0.29) is 11.6 Å². The predicted molar refractivity (Wildman–Crippen MR) is 101 cm³/mol. The average Bonchev–Trinajstić information content (AvgIpc) is 3.03. The molecule has 0 spiro atoms. The SMILES string of the molecule is Cc1cc([N+](=O)[O-])ccc1C(=O)Nc1ccnn1Cc1ccccc1Br. The van der Waals surface area contributed by atoms with Crippen LogP contribution in [-0.2, 0) is 6.54 Å². The van der Waals surface area contributed by atoms with Crippen LogP contribution in [0, 0.1) is 17.0 Å². The van der Waals surface area contributed by atoms with Gasteiger partial charge in [-0.1, -0.05) is 34.1 Å². The van der Waals surface area contributed by atoms with Gasteiger partial charge in [-0.2, -0.15) is 5.10 Å². The zero-order valence-electron chi connectivity index (χ0n) is 13.8. The number of rotatable bonds is 5. The van der Waals surface area contributed by atoms with E-state index in [0.29, 0.717) is 23.5 Å². The van der Waals surface area contributed by atoms with Crippen molar-refractivity contribution in [2.24, 2.45) is 0 Å². The minimum absolute atomic E-state index is 0.0435. The summed E-state index contributed by atoms with van der Waals surface area (Å²) in [5.74, 6) is 0.204.